The van der Waals surface area contributed by atoms with Crippen LogP contribution in [0.25, 0.3) is 0 Å². The van der Waals surface area contributed by atoms with Gasteiger partial charge in [0.15, 0.2) is 0 Å². The van der Waals surface area contributed by atoms with E-state index in [-0.39, 0.29) is 30.6 Å². The maximum Gasteiger partial charge on any atom is 0.259 e. The lowest BCUT2D eigenvalue weighted by Gasteiger charge is -2.38. The zero-order valence-electron chi connectivity index (χ0n) is 17.5. The van der Waals surface area contributed by atoms with Crippen molar-refractivity contribution in [2.75, 3.05) is 46.5 Å². The number of pyridine rings is 1. The van der Waals surface area contributed by atoms with Crippen LogP contribution in [-0.4, -0.2) is 84.4 Å². The minimum absolute atomic E-state index is 0.0790. The maximum atomic E-state index is 13.1. The highest BCUT2D eigenvalue weighted by Gasteiger charge is 2.34. The summed E-state index contributed by atoms with van der Waals surface area (Å²) in [5.41, 5.74) is 0.434. The summed E-state index contributed by atoms with van der Waals surface area (Å²) in [4.78, 5) is 21.6. The summed E-state index contributed by atoms with van der Waals surface area (Å²) in [5.74, 6) is 0.954. The molecule has 162 valence electrons. The number of aromatic nitrogens is 1. The number of rotatable bonds is 6. The minimum Gasteiger partial charge on any atom is -0.472 e. The molecule has 0 bridgehead atoms. The largest absolute Gasteiger partial charge is 0.472 e. The van der Waals surface area contributed by atoms with E-state index < -0.39 is 0 Å². The molecule has 29 heavy (non-hydrogen) atoms. The van der Waals surface area contributed by atoms with Gasteiger partial charge in [0.25, 0.3) is 5.91 Å². The predicted octanol–water partition coefficient (Wildman–Crippen LogP) is 2.42. The van der Waals surface area contributed by atoms with Crippen molar-refractivity contribution >= 4 is 21.8 Å². The first-order chi connectivity index (χ1) is 13.9. The summed E-state index contributed by atoms with van der Waals surface area (Å²) in [6.45, 7) is 7.87. The number of fused-ring (bicyclic) bond motifs is 1. The van der Waals surface area contributed by atoms with E-state index in [9.17, 15) is 9.90 Å². The molecule has 0 aromatic carbocycles. The standard InChI is InChI=1S/C21H32BrN3O4/c1-14-10-25(15(2)13-26)21(27)18-8-17(22)9-23-20(18)29-19(14)12-24(3)11-16-4-6-28-7-5-16/h8-9,14-16,19,26H,4-7,10-13H2,1-3H3/t14-,15+,19-/m1/s1. The Morgan fingerprint density at radius 3 is 2.79 bits per heavy atom. The van der Waals surface area contributed by atoms with Gasteiger partial charge in [-0.2, -0.15) is 0 Å². The second-order valence-corrected chi connectivity index (χ2v) is 9.32. The summed E-state index contributed by atoms with van der Waals surface area (Å²) < 4.78 is 12.5. The molecule has 3 heterocycles. The Morgan fingerprint density at radius 2 is 2.10 bits per heavy atom. The van der Waals surface area contributed by atoms with Crippen LogP contribution < -0.4 is 4.74 Å². The third-order valence-corrected chi connectivity index (χ3v) is 6.32. The van der Waals surface area contributed by atoms with E-state index in [1.165, 1.54) is 0 Å². The number of halogens is 1. The quantitative estimate of drug-likeness (QED) is 0.689. The van der Waals surface area contributed by atoms with Crippen LogP contribution in [-0.2, 0) is 4.74 Å². The summed E-state index contributed by atoms with van der Waals surface area (Å²) in [6, 6.07) is 1.48. The van der Waals surface area contributed by atoms with Gasteiger partial charge in [0, 0.05) is 49.4 Å². The molecule has 1 N–H and O–H groups in total. The number of ether oxygens (including phenoxy) is 2. The summed E-state index contributed by atoms with van der Waals surface area (Å²) in [7, 11) is 2.12. The Balaban J connectivity index is 1.80. The molecule has 1 amide bonds. The van der Waals surface area contributed by atoms with Gasteiger partial charge in [0.2, 0.25) is 5.88 Å². The van der Waals surface area contributed by atoms with E-state index in [0.29, 0.717) is 23.9 Å². The number of hydrogen-bond acceptors (Lipinski definition) is 6. The fourth-order valence-electron chi connectivity index (χ4n) is 4.05. The van der Waals surface area contributed by atoms with Crippen molar-refractivity contribution < 1.29 is 19.4 Å². The van der Waals surface area contributed by atoms with Gasteiger partial charge in [-0.1, -0.05) is 6.92 Å². The van der Waals surface area contributed by atoms with E-state index in [0.717, 1.165) is 43.6 Å². The van der Waals surface area contributed by atoms with E-state index in [2.05, 4.69) is 39.8 Å². The molecule has 3 atom stereocenters. The van der Waals surface area contributed by atoms with Crippen molar-refractivity contribution in [1.29, 1.82) is 0 Å². The SMILES string of the molecule is C[C@@H]1CN([C@@H](C)CO)C(=O)c2cc(Br)cnc2O[C@@H]1CN(C)CC1CCOCC1. The number of amides is 1. The molecule has 1 fully saturated rings. The summed E-state index contributed by atoms with van der Waals surface area (Å²) in [5, 5.41) is 9.68. The number of aliphatic hydroxyl groups excluding tert-OH is 1. The molecule has 0 spiro atoms. The lowest BCUT2D eigenvalue weighted by atomic mass is 9.98. The van der Waals surface area contributed by atoms with E-state index >= 15 is 0 Å². The van der Waals surface area contributed by atoms with Crippen LogP contribution in [0.2, 0.25) is 0 Å². The molecule has 0 radical (unpaired) electrons. The molecular weight excluding hydrogens is 438 g/mol. The average Bonchev–Trinajstić information content (AvgIpc) is 2.71. The second kappa shape index (κ2) is 10.2. The highest BCUT2D eigenvalue weighted by molar-refractivity contribution is 9.10. The van der Waals surface area contributed by atoms with Crippen LogP contribution in [0.3, 0.4) is 0 Å². The van der Waals surface area contributed by atoms with Crippen LogP contribution in [0, 0.1) is 11.8 Å². The van der Waals surface area contributed by atoms with Crippen LogP contribution in [0.5, 0.6) is 5.88 Å². The van der Waals surface area contributed by atoms with Crippen molar-refractivity contribution in [2.24, 2.45) is 11.8 Å². The molecule has 0 aliphatic carbocycles. The van der Waals surface area contributed by atoms with Crippen LogP contribution in [0.4, 0.5) is 0 Å². The molecule has 1 saturated heterocycles. The van der Waals surface area contributed by atoms with Crippen molar-refractivity contribution in [1.82, 2.24) is 14.8 Å². The lowest BCUT2D eigenvalue weighted by molar-refractivity contribution is 0.0254. The van der Waals surface area contributed by atoms with Gasteiger partial charge < -0.3 is 24.4 Å². The molecule has 2 aliphatic rings. The molecule has 8 heteroatoms. The van der Waals surface area contributed by atoms with Gasteiger partial charge in [0.1, 0.15) is 11.7 Å². The Kier molecular flexibility index (Phi) is 7.90. The molecule has 2 aliphatic heterocycles. The fraction of sp³-hybridized carbons (Fsp3) is 0.714. The van der Waals surface area contributed by atoms with Gasteiger partial charge in [-0.25, -0.2) is 4.98 Å². The first kappa shape index (κ1) is 22.5. The number of hydrogen-bond donors (Lipinski definition) is 1. The number of likely N-dealkylation sites (N-methyl/N-ethyl adjacent to an activating group) is 1. The third-order valence-electron chi connectivity index (χ3n) is 5.89. The normalized spacial score (nSPS) is 24.6. The van der Waals surface area contributed by atoms with Crippen molar-refractivity contribution in [2.45, 2.75) is 38.8 Å². The second-order valence-electron chi connectivity index (χ2n) is 8.41. The average molecular weight is 470 g/mol. The zero-order valence-corrected chi connectivity index (χ0v) is 19.1. The maximum absolute atomic E-state index is 13.1. The molecule has 1 aromatic rings. The smallest absolute Gasteiger partial charge is 0.259 e. The monoisotopic (exact) mass is 469 g/mol. The van der Waals surface area contributed by atoms with Crippen LogP contribution in [0.1, 0.15) is 37.0 Å². The lowest BCUT2D eigenvalue weighted by Crippen LogP contribution is -2.50. The van der Waals surface area contributed by atoms with Gasteiger partial charge in [-0.15, -0.1) is 0 Å². The number of carbonyl (C=O) groups is 1. The first-order valence-electron chi connectivity index (χ1n) is 10.4. The van der Waals surface area contributed by atoms with E-state index in [1.54, 1.807) is 17.2 Å². The van der Waals surface area contributed by atoms with Crippen molar-refractivity contribution in [3.8, 4) is 5.88 Å². The van der Waals surface area contributed by atoms with Gasteiger partial charge >= 0.3 is 0 Å². The number of aliphatic hydroxyl groups is 1. The van der Waals surface area contributed by atoms with Crippen molar-refractivity contribution in [3.63, 3.8) is 0 Å². The highest BCUT2D eigenvalue weighted by Crippen LogP contribution is 2.28. The Morgan fingerprint density at radius 1 is 1.38 bits per heavy atom. The van der Waals surface area contributed by atoms with Crippen LogP contribution in [0.15, 0.2) is 16.7 Å². The third kappa shape index (κ3) is 5.69. The minimum atomic E-state index is -0.268. The number of nitrogens with zero attached hydrogens (tertiary/aromatic N) is 3. The van der Waals surface area contributed by atoms with E-state index in [4.69, 9.17) is 9.47 Å². The topological polar surface area (TPSA) is 75.1 Å². The number of carbonyl (C=O) groups excluding carboxylic acids is 1. The zero-order chi connectivity index (χ0) is 21.0. The van der Waals surface area contributed by atoms with Gasteiger partial charge in [-0.3, -0.25) is 4.79 Å². The van der Waals surface area contributed by atoms with Crippen molar-refractivity contribution in [3.05, 3.63) is 22.3 Å². The predicted molar refractivity (Wildman–Crippen MR) is 114 cm³/mol. The molecule has 3 rings (SSSR count). The molecular formula is C21H32BrN3O4. The Bertz CT molecular complexity index is 699. The van der Waals surface area contributed by atoms with E-state index in [1.807, 2.05) is 6.92 Å². The summed E-state index contributed by atoms with van der Waals surface area (Å²) >= 11 is 3.40. The van der Waals surface area contributed by atoms with Crippen LogP contribution >= 0.6 is 15.9 Å². The first-order valence-corrected chi connectivity index (χ1v) is 11.2. The molecule has 1 aromatic heterocycles. The van der Waals surface area contributed by atoms with Gasteiger partial charge in [0.05, 0.1) is 12.6 Å². The highest BCUT2D eigenvalue weighted by atomic mass is 79.9. The molecule has 0 unspecified atom stereocenters. The molecule has 0 saturated carbocycles. The Hall–Kier alpha value is -1.22. The fourth-order valence-corrected chi connectivity index (χ4v) is 4.38. The van der Waals surface area contributed by atoms with Gasteiger partial charge in [-0.05, 0) is 54.7 Å². The summed E-state index contributed by atoms with van der Waals surface area (Å²) in [6.07, 6.45) is 3.75. The Labute approximate surface area is 181 Å². The molecule has 7 nitrogen and oxygen atoms in total.